The van der Waals surface area contributed by atoms with Crippen LogP contribution in [0.1, 0.15) is 22.3 Å². The van der Waals surface area contributed by atoms with E-state index >= 15 is 0 Å². The maximum atomic E-state index is 13.4. The Hall–Kier alpha value is -4.10. The van der Waals surface area contributed by atoms with Crippen LogP contribution in [0, 0.1) is 0 Å². The average Bonchev–Trinajstić information content (AvgIpc) is 3.31. The molecule has 37 heavy (non-hydrogen) atoms. The molecule has 0 saturated heterocycles. The zero-order valence-electron chi connectivity index (χ0n) is 19.2. The van der Waals surface area contributed by atoms with Crippen LogP contribution in [0.25, 0.3) is 11.3 Å². The molecule has 0 amide bonds. The first kappa shape index (κ1) is 26.0. The van der Waals surface area contributed by atoms with E-state index in [-0.39, 0.29) is 16.9 Å². The number of anilines is 4. The number of para-hydroxylation sites is 2. The summed E-state index contributed by atoms with van der Waals surface area (Å²) in [6.45, 7) is 1.45. The van der Waals surface area contributed by atoms with Gasteiger partial charge in [-0.25, -0.2) is 9.78 Å². The van der Waals surface area contributed by atoms with E-state index in [1.165, 1.54) is 6.92 Å². The Kier molecular flexibility index (Phi) is 7.94. The predicted octanol–water partition coefficient (Wildman–Crippen LogP) is 6.35. The minimum atomic E-state index is -4.82. The first-order valence-corrected chi connectivity index (χ1v) is 12.1. The Bertz CT molecular complexity index is 1400. The number of alkyl halides is 3. The van der Waals surface area contributed by atoms with Crippen molar-refractivity contribution in [3.8, 4) is 11.3 Å². The summed E-state index contributed by atoms with van der Waals surface area (Å²) in [5, 5.41) is 17.1. The molecule has 0 atom stereocenters. The summed E-state index contributed by atoms with van der Waals surface area (Å²) in [6.07, 6.45) is -4.82. The highest BCUT2D eigenvalue weighted by Crippen LogP contribution is 2.38. The fraction of sp³-hybridized carbons (Fsp3) is 0.125. The molecule has 2 aromatic heterocycles. The van der Waals surface area contributed by atoms with Gasteiger partial charge < -0.3 is 20.7 Å². The van der Waals surface area contributed by atoms with Gasteiger partial charge in [-0.15, -0.1) is 10.2 Å². The second-order valence-corrected chi connectivity index (χ2v) is 8.74. The lowest BCUT2D eigenvalue weighted by atomic mass is 10.1. The summed E-state index contributed by atoms with van der Waals surface area (Å²) in [5.41, 5.74) is 1.15. The van der Waals surface area contributed by atoms with E-state index in [9.17, 15) is 18.0 Å². The number of thiocarbonyl (C=S) groups is 1. The van der Waals surface area contributed by atoms with E-state index in [0.29, 0.717) is 34.2 Å². The van der Waals surface area contributed by atoms with Gasteiger partial charge in [0.05, 0.1) is 23.7 Å². The normalized spacial score (nSPS) is 11.0. The molecule has 4 aromatic rings. The van der Waals surface area contributed by atoms with Crippen LogP contribution in [0.2, 0.25) is 0 Å². The van der Waals surface area contributed by atoms with Gasteiger partial charge in [0.15, 0.2) is 21.8 Å². The van der Waals surface area contributed by atoms with Crippen molar-refractivity contribution in [1.29, 1.82) is 0 Å². The van der Waals surface area contributed by atoms with Crippen molar-refractivity contribution in [2.75, 3.05) is 22.6 Å². The van der Waals surface area contributed by atoms with Crippen LogP contribution in [0.4, 0.5) is 35.5 Å². The van der Waals surface area contributed by atoms with Gasteiger partial charge >= 0.3 is 12.1 Å². The van der Waals surface area contributed by atoms with Crippen LogP contribution >= 0.6 is 23.6 Å². The standard InChI is InChI=1S/C24H19F3N6O2S2/c1-2-35-21(34)19-20(24(25,26)27)31-23(37-19)29-17-11-7-6-10-16(17)28-22(36)30-18-13-12-15(32-33-18)14-8-4-3-5-9-14/h3-13H,2H2,1H3,(H,29,31)(H2,28,30,33,36). The number of ether oxygens (including phenoxy) is 1. The molecule has 0 aliphatic rings. The maximum Gasteiger partial charge on any atom is 0.435 e. The number of hydrogen-bond acceptors (Lipinski definition) is 8. The molecular weight excluding hydrogens is 525 g/mol. The highest BCUT2D eigenvalue weighted by Gasteiger charge is 2.40. The van der Waals surface area contributed by atoms with Crippen LogP contribution in [0.5, 0.6) is 0 Å². The lowest BCUT2D eigenvalue weighted by molar-refractivity contribution is -0.141. The number of halogens is 3. The monoisotopic (exact) mass is 544 g/mol. The third-order valence-electron chi connectivity index (χ3n) is 4.75. The largest absolute Gasteiger partial charge is 0.462 e. The van der Waals surface area contributed by atoms with Crippen molar-refractivity contribution in [3.05, 3.63) is 77.3 Å². The van der Waals surface area contributed by atoms with Crippen molar-refractivity contribution in [2.45, 2.75) is 13.1 Å². The number of rotatable bonds is 7. The number of thiazole rings is 1. The molecule has 0 fully saturated rings. The fourth-order valence-electron chi connectivity index (χ4n) is 3.15. The van der Waals surface area contributed by atoms with Crippen molar-refractivity contribution >= 4 is 57.0 Å². The summed E-state index contributed by atoms with van der Waals surface area (Å²) in [4.78, 5) is 15.0. The van der Waals surface area contributed by atoms with Gasteiger partial charge in [-0.2, -0.15) is 13.2 Å². The SMILES string of the molecule is CCOC(=O)c1sc(Nc2ccccc2NC(=S)Nc2ccc(-c3ccccc3)nn2)nc1C(F)(F)F. The molecule has 2 heterocycles. The Morgan fingerprint density at radius 2 is 1.68 bits per heavy atom. The number of nitrogens with one attached hydrogen (secondary N) is 3. The zero-order chi connectivity index (χ0) is 26.4. The molecule has 2 aromatic carbocycles. The van der Waals surface area contributed by atoms with E-state index < -0.39 is 22.7 Å². The lowest BCUT2D eigenvalue weighted by Crippen LogP contribution is -2.20. The first-order chi connectivity index (χ1) is 17.7. The van der Waals surface area contributed by atoms with Crippen molar-refractivity contribution in [1.82, 2.24) is 15.2 Å². The number of aromatic nitrogens is 3. The highest BCUT2D eigenvalue weighted by atomic mass is 32.1. The number of carbonyl (C=O) groups excluding carboxylic acids is 1. The molecule has 0 radical (unpaired) electrons. The van der Waals surface area contributed by atoms with E-state index in [0.717, 1.165) is 5.56 Å². The quantitative estimate of drug-likeness (QED) is 0.182. The molecule has 0 aliphatic carbocycles. The second-order valence-electron chi connectivity index (χ2n) is 7.33. The summed E-state index contributed by atoms with van der Waals surface area (Å²) >= 11 is 5.91. The molecule has 13 heteroatoms. The summed E-state index contributed by atoms with van der Waals surface area (Å²) in [6, 6.07) is 19.8. The molecule has 0 aliphatic heterocycles. The predicted molar refractivity (Wildman–Crippen MR) is 140 cm³/mol. The highest BCUT2D eigenvalue weighted by molar-refractivity contribution is 7.80. The average molecular weight is 545 g/mol. The summed E-state index contributed by atoms with van der Waals surface area (Å²) in [7, 11) is 0. The molecule has 0 unspecified atom stereocenters. The topological polar surface area (TPSA) is 101 Å². The third-order valence-corrected chi connectivity index (χ3v) is 5.90. The molecule has 0 spiro atoms. The molecular formula is C24H19F3N6O2S2. The zero-order valence-corrected chi connectivity index (χ0v) is 20.8. The van der Waals surface area contributed by atoms with Crippen molar-refractivity contribution < 1.29 is 22.7 Å². The van der Waals surface area contributed by atoms with Gasteiger partial charge in [0, 0.05) is 5.56 Å². The number of hydrogen-bond donors (Lipinski definition) is 3. The van der Waals surface area contributed by atoms with E-state index in [4.69, 9.17) is 17.0 Å². The molecule has 0 saturated carbocycles. The summed E-state index contributed by atoms with van der Waals surface area (Å²) < 4.78 is 45.1. The van der Waals surface area contributed by atoms with Gasteiger partial charge in [0.25, 0.3) is 0 Å². The van der Waals surface area contributed by atoms with Crippen molar-refractivity contribution in [2.24, 2.45) is 0 Å². The van der Waals surface area contributed by atoms with Gasteiger partial charge in [-0.05, 0) is 43.4 Å². The Morgan fingerprint density at radius 3 is 2.32 bits per heavy atom. The summed E-state index contributed by atoms with van der Waals surface area (Å²) in [5.74, 6) is -0.687. The van der Waals surface area contributed by atoms with Crippen LogP contribution in [-0.2, 0) is 10.9 Å². The van der Waals surface area contributed by atoms with Gasteiger partial charge in [0.1, 0.15) is 4.88 Å². The second kappa shape index (κ2) is 11.3. The van der Waals surface area contributed by atoms with Crippen LogP contribution in [0.15, 0.2) is 66.7 Å². The minimum Gasteiger partial charge on any atom is -0.462 e. The van der Waals surface area contributed by atoms with Gasteiger partial charge in [-0.1, -0.05) is 53.8 Å². The molecule has 4 rings (SSSR count). The molecule has 190 valence electrons. The first-order valence-electron chi connectivity index (χ1n) is 10.8. The van der Waals surface area contributed by atoms with E-state index in [1.807, 2.05) is 30.3 Å². The number of nitrogens with zero attached hydrogens (tertiary/aromatic N) is 3. The van der Waals surface area contributed by atoms with Crippen LogP contribution < -0.4 is 16.0 Å². The van der Waals surface area contributed by atoms with Crippen LogP contribution in [-0.4, -0.2) is 32.9 Å². The Labute approximate surface area is 218 Å². The number of carbonyl (C=O) groups is 1. The smallest absolute Gasteiger partial charge is 0.435 e. The van der Waals surface area contributed by atoms with Gasteiger partial charge in [-0.3, -0.25) is 0 Å². The molecule has 3 N–H and O–H groups in total. The maximum absolute atomic E-state index is 13.4. The van der Waals surface area contributed by atoms with E-state index in [2.05, 4.69) is 31.1 Å². The lowest BCUT2D eigenvalue weighted by Gasteiger charge is -2.14. The molecule has 8 nitrogen and oxygen atoms in total. The molecule has 0 bridgehead atoms. The van der Waals surface area contributed by atoms with E-state index in [1.54, 1.807) is 36.4 Å². The van der Waals surface area contributed by atoms with Crippen molar-refractivity contribution in [3.63, 3.8) is 0 Å². The number of esters is 1. The van der Waals surface area contributed by atoms with Gasteiger partial charge in [0.2, 0.25) is 0 Å². The Balaban J connectivity index is 1.48. The van der Waals surface area contributed by atoms with Crippen LogP contribution in [0.3, 0.4) is 0 Å². The number of benzene rings is 2. The third kappa shape index (κ3) is 6.57. The minimum absolute atomic E-state index is 0.0622. The Morgan fingerprint density at radius 1 is 0.973 bits per heavy atom. The fourth-order valence-corrected chi connectivity index (χ4v) is 4.25.